The molecule has 1 aliphatic rings. The lowest BCUT2D eigenvalue weighted by Crippen LogP contribution is -2.08. The SMILES string of the molecule is C[C@H]1C=CC(c2ccc3oc4ccc5oc6ccc(-c7cccc(C#N)c7-n7c8ccccc8c8ccccc87)cc6c5c4c3c2)=CC1C#N. The van der Waals surface area contributed by atoms with Gasteiger partial charge >= 0.3 is 0 Å². The number of nitriles is 2. The first-order valence-electron chi connectivity index (χ1n) is 16.7. The summed E-state index contributed by atoms with van der Waals surface area (Å²) in [6, 6.07) is 44.1. The van der Waals surface area contributed by atoms with Crippen LogP contribution in [0.3, 0.4) is 0 Å². The predicted molar refractivity (Wildman–Crippen MR) is 201 cm³/mol. The minimum absolute atomic E-state index is 0.165. The zero-order valence-electron chi connectivity index (χ0n) is 27.0. The van der Waals surface area contributed by atoms with Crippen molar-refractivity contribution in [2.24, 2.45) is 11.8 Å². The molecule has 0 bridgehead atoms. The molecular weight excluding hydrogens is 615 g/mol. The number of hydrogen-bond acceptors (Lipinski definition) is 4. The quantitative estimate of drug-likeness (QED) is 0.192. The van der Waals surface area contributed by atoms with Gasteiger partial charge in [0.2, 0.25) is 0 Å². The highest BCUT2D eigenvalue weighted by atomic mass is 16.3. The predicted octanol–water partition coefficient (Wildman–Crippen LogP) is 11.9. The monoisotopic (exact) mass is 641 g/mol. The molecule has 234 valence electrons. The molecule has 0 N–H and O–H groups in total. The molecule has 2 atom stereocenters. The summed E-state index contributed by atoms with van der Waals surface area (Å²) in [6.45, 7) is 2.07. The summed E-state index contributed by atoms with van der Waals surface area (Å²) in [4.78, 5) is 0. The van der Waals surface area contributed by atoms with E-state index in [0.717, 1.165) is 93.6 Å². The van der Waals surface area contributed by atoms with E-state index in [4.69, 9.17) is 8.83 Å². The summed E-state index contributed by atoms with van der Waals surface area (Å²) in [5.74, 6) is 0.0133. The molecule has 0 aliphatic heterocycles. The average Bonchev–Trinajstić information content (AvgIpc) is 3.83. The van der Waals surface area contributed by atoms with Crippen molar-refractivity contribution in [2.45, 2.75) is 6.92 Å². The van der Waals surface area contributed by atoms with E-state index >= 15 is 0 Å². The van der Waals surface area contributed by atoms with Crippen molar-refractivity contribution in [3.05, 3.63) is 145 Å². The number of nitrogens with zero attached hydrogens (tertiary/aromatic N) is 3. The van der Waals surface area contributed by atoms with Crippen LogP contribution >= 0.6 is 0 Å². The lowest BCUT2D eigenvalue weighted by molar-refractivity contribution is 0.619. The van der Waals surface area contributed by atoms with E-state index in [1.807, 2.05) is 48.5 Å². The Labute approximate surface area is 286 Å². The molecule has 10 rings (SSSR count). The maximum absolute atomic E-state index is 10.5. The van der Waals surface area contributed by atoms with Gasteiger partial charge in [-0.15, -0.1) is 0 Å². The largest absolute Gasteiger partial charge is 0.456 e. The first-order chi connectivity index (χ1) is 24.6. The van der Waals surface area contributed by atoms with Crippen molar-refractivity contribution in [3.63, 3.8) is 0 Å². The Morgan fingerprint density at radius 3 is 1.86 bits per heavy atom. The van der Waals surface area contributed by atoms with Gasteiger partial charge in [0.05, 0.1) is 34.3 Å². The van der Waals surface area contributed by atoms with E-state index in [1.54, 1.807) is 0 Å². The van der Waals surface area contributed by atoms with Gasteiger partial charge in [-0.25, -0.2) is 0 Å². The smallest absolute Gasteiger partial charge is 0.136 e. The van der Waals surface area contributed by atoms with E-state index in [-0.39, 0.29) is 11.8 Å². The van der Waals surface area contributed by atoms with Crippen LogP contribution in [0.15, 0.2) is 142 Å². The summed E-state index contributed by atoms with van der Waals surface area (Å²) in [6.07, 6.45) is 6.29. The van der Waals surface area contributed by atoms with Crippen LogP contribution < -0.4 is 0 Å². The van der Waals surface area contributed by atoms with Crippen LogP contribution in [0, 0.1) is 34.5 Å². The third-order valence-corrected chi connectivity index (χ3v) is 10.3. The maximum atomic E-state index is 10.5. The normalized spacial score (nSPS) is 16.1. The second kappa shape index (κ2) is 10.6. The van der Waals surface area contributed by atoms with Crippen LogP contribution in [-0.4, -0.2) is 4.57 Å². The third-order valence-electron chi connectivity index (χ3n) is 10.3. The number of aromatic nitrogens is 1. The third kappa shape index (κ3) is 3.98. The van der Waals surface area contributed by atoms with Crippen molar-refractivity contribution < 1.29 is 8.83 Å². The van der Waals surface area contributed by atoms with Crippen molar-refractivity contribution in [1.29, 1.82) is 10.5 Å². The van der Waals surface area contributed by atoms with Crippen LogP contribution in [0.2, 0.25) is 0 Å². The summed E-state index contributed by atoms with van der Waals surface area (Å²) in [7, 11) is 0. The highest BCUT2D eigenvalue weighted by Crippen LogP contribution is 2.44. The molecule has 1 unspecified atom stereocenters. The van der Waals surface area contributed by atoms with E-state index in [0.29, 0.717) is 5.56 Å². The molecular formula is C45H27N3O2. The maximum Gasteiger partial charge on any atom is 0.136 e. The van der Waals surface area contributed by atoms with Gasteiger partial charge in [-0.2, -0.15) is 10.5 Å². The molecule has 0 fully saturated rings. The highest BCUT2D eigenvalue weighted by molar-refractivity contribution is 6.26. The fraction of sp³-hybridized carbons (Fsp3) is 0.0667. The molecule has 0 amide bonds. The zero-order valence-corrected chi connectivity index (χ0v) is 27.0. The minimum atomic E-state index is -0.165. The van der Waals surface area contributed by atoms with Gasteiger partial charge in [0, 0.05) is 37.9 Å². The zero-order chi connectivity index (χ0) is 33.5. The average molecular weight is 642 g/mol. The number of hydrogen-bond donors (Lipinski definition) is 0. The molecule has 0 spiro atoms. The van der Waals surface area contributed by atoms with Gasteiger partial charge in [0.1, 0.15) is 28.4 Å². The number of para-hydroxylation sites is 3. The number of benzene rings is 6. The van der Waals surface area contributed by atoms with Gasteiger partial charge in [0.15, 0.2) is 0 Å². The van der Waals surface area contributed by atoms with Crippen LogP contribution in [0.4, 0.5) is 0 Å². The van der Waals surface area contributed by atoms with E-state index in [1.165, 1.54) is 0 Å². The fourth-order valence-corrected chi connectivity index (χ4v) is 7.88. The van der Waals surface area contributed by atoms with Gasteiger partial charge in [-0.05, 0) is 77.2 Å². The van der Waals surface area contributed by atoms with Crippen molar-refractivity contribution in [3.8, 4) is 29.0 Å². The van der Waals surface area contributed by atoms with Gasteiger partial charge in [0.25, 0.3) is 0 Å². The lowest BCUT2D eigenvalue weighted by Gasteiger charge is -2.17. The Hall–Kier alpha value is -6.82. The van der Waals surface area contributed by atoms with Gasteiger partial charge in [-0.1, -0.05) is 85.8 Å². The molecule has 3 aromatic heterocycles. The van der Waals surface area contributed by atoms with Crippen molar-refractivity contribution >= 4 is 71.3 Å². The second-order valence-corrected chi connectivity index (χ2v) is 13.1. The summed E-state index contributed by atoms with van der Waals surface area (Å²) < 4.78 is 15.1. The molecule has 0 saturated heterocycles. The molecule has 50 heavy (non-hydrogen) atoms. The molecule has 0 radical (unpaired) electrons. The van der Waals surface area contributed by atoms with E-state index < -0.39 is 0 Å². The van der Waals surface area contributed by atoms with Crippen molar-refractivity contribution in [1.82, 2.24) is 4.57 Å². The number of furan rings is 2. The molecule has 6 aromatic carbocycles. The van der Waals surface area contributed by atoms with E-state index in [2.05, 4.69) is 109 Å². The Morgan fingerprint density at radius 1 is 0.620 bits per heavy atom. The topological polar surface area (TPSA) is 78.8 Å². The summed E-state index contributed by atoms with van der Waals surface area (Å²) in [5, 5.41) is 26.4. The first-order valence-corrected chi connectivity index (χ1v) is 16.7. The number of allylic oxidation sites excluding steroid dienone is 4. The molecule has 5 nitrogen and oxygen atoms in total. The molecule has 3 heterocycles. The van der Waals surface area contributed by atoms with Crippen LogP contribution in [0.1, 0.15) is 18.1 Å². The van der Waals surface area contributed by atoms with Gasteiger partial charge in [-0.3, -0.25) is 0 Å². The summed E-state index contributed by atoms with van der Waals surface area (Å²) in [5.41, 5.74) is 10.7. The second-order valence-electron chi connectivity index (χ2n) is 13.1. The first kappa shape index (κ1) is 28.2. The highest BCUT2D eigenvalue weighted by Gasteiger charge is 2.22. The molecule has 0 saturated carbocycles. The molecule has 9 aromatic rings. The van der Waals surface area contributed by atoms with Gasteiger partial charge < -0.3 is 13.4 Å². The van der Waals surface area contributed by atoms with Crippen LogP contribution in [-0.2, 0) is 0 Å². The Balaban J connectivity index is 1.23. The number of fused-ring (bicyclic) bond motifs is 10. The minimum Gasteiger partial charge on any atom is -0.456 e. The van der Waals surface area contributed by atoms with Crippen molar-refractivity contribution in [2.75, 3.05) is 0 Å². The Kier molecular flexibility index (Phi) is 5.98. The standard InChI is InChI=1S/C45H27N3O2/c1-26-13-14-27(21-31(26)25-47)28-15-17-39-35(22-28)43-41(49-39)19-20-42-44(43)36-23-29(16-18-40(36)50-42)32-10-6-7-30(24-46)45(32)48-37-11-4-2-8-33(37)34-9-3-5-12-38(34)48/h2-23,26,31H,1H3/t26-,31?/m0/s1. The lowest BCUT2D eigenvalue weighted by atomic mass is 9.86. The number of rotatable bonds is 3. The molecule has 5 heteroatoms. The molecule has 1 aliphatic carbocycles. The van der Waals surface area contributed by atoms with E-state index in [9.17, 15) is 10.5 Å². The Bertz CT molecular complexity index is 2990. The van der Waals surface area contributed by atoms with Crippen LogP contribution in [0.25, 0.3) is 88.1 Å². The Morgan fingerprint density at radius 2 is 1.22 bits per heavy atom. The fourth-order valence-electron chi connectivity index (χ4n) is 7.88. The summed E-state index contributed by atoms with van der Waals surface area (Å²) >= 11 is 0. The van der Waals surface area contributed by atoms with Crippen LogP contribution in [0.5, 0.6) is 0 Å².